The van der Waals surface area contributed by atoms with Gasteiger partial charge in [-0.15, -0.1) is 0 Å². The van der Waals surface area contributed by atoms with Crippen molar-refractivity contribution < 1.29 is 19.1 Å². The molecule has 4 nitrogen and oxygen atoms in total. The summed E-state index contributed by atoms with van der Waals surface area (Å²) in [6, 6.07) is 0. The van der Waals surface area contributed by atoms with Gasteiger partial charge in [0.25, 0.3) is 0 Å². The summed E-state index contributed by atoms with van der Waals surface area (Å²) in [5.41, 5.74) is 0. The van der Waals surface area contributed by atoms with Crippen molar-refractivity contribution in [3.05, 3.63) is 0 Å². The normalized spacial score (nSPS) is 23.8. The summed E-state index contributed by atoms with van der Waals surface area (Å²) in [6.07, 6.45) is 1.26. The SMILES string of the molecule is COC(=O)C(C)C[C@H]1CCOC1=O. The van der Waals surface area contributed by atoms with Crippen molar-refractivity contribution in [2.24, 2.45) is 11.8 Å². The number of carbonyl (C=O) groups is 2. The maximum Gasteiger partial charge on any atom is 0.309 e. The Morgan fingerprint density at radius 1 is 1.77 bits per heavy atom. The van der Waals surface area contributed by atoms with Crippen molar-refractivity contribution in [3.63, 3.8) is 0 Å². The molecule has 0 aromatic carbocycles. The van der Waals surface area contributed by atoms with Gasteiger partial charge in [0.05, 0.1) is 25.6 Å². The molecule has 0 radical (unpaired) electrons. The molecule has 0 bridgehead atoms. The first-order valence-electron chi connectivity index (χ1n) is 4.39. The lowest BCUT2D eigenvalue weighted by atomic mass is 9.95. The zero-order valence-corrected chi connectivity index (χ0v) is 7.91. The predicted octanol–water partition coefficient (Wildman–Crippen LogP) is 0.749. The molecule has 0 aliphatic carbocycles. The van der Waals surface area contributed by atoms with E-state index in [-0.39, 0.29) is 23.8 Å². The molecule has 2 atom stereocenters. The molecule has 1 fully saturated rings. The Labute approximate surface area is 77.2 Å². The van der Waals surface area contributed by atoms with E-state index in [2.05, 4.69) is 4.74 Å². The van der Waals surface area contributed by atoms with Crippen LogP contribution in [-0.2, 0) is 19.1 Å². The van der Waals surface area contributed by atoms with Gasteiger partial charge in [0.15, 0.2) is 0 Å². The molecule has 1 rings (SSSR count). The van der Waals surface area contributed by atoms with Gasteiger partial charge in [-0.25, -0.2) is 0 Å². The number of rotatable bonds is 3. The maximum atomic E-state index is 11.0. The molecular weight excluding hydrogens is 172 g/mol. The highest BCUT2D eigenvalue weighted by Crippen LogP contribution is 2.22. The lowest BCUT2D eigenvalue weighted by molar-refractivity contribution is -0.146. The lowest BCUT2D eigenvalue weighted by Gasteiger charge is -2.10. The van der Waals surface area contributed by atoms with Gasteiger partial charge < -0.3 is 9.47 Å². The highest BCUT2D eigenvalue weighted by Gasteiger charge is 2.30. The molecule has 1 saturated heterocycles. The van der Waals surface area contributed by atoms with E-state index < -0.39 is 0 Å². The third-order valence-corrected chi connectivity index (χ3v) is 2.29. The molecule has 0 aromatic heterocycles. The minimum absolute atomic E-state index is 0.117. The van der Waals surface area contributed by atoms with Gasteiger partial charge >= 0.3 is 11.9 Å². The number of carbonyl (C=O) groups excluding carboxylic acids is 2. The summed E-state index contributed by atoms with van der Waals surface area (Å²) in [5.74, 6) is -0.787. The molecule has 0 saturated carbocycles. The first-order chi connectivity index (χ1) is 6.15. The average Bonchev–Trinajstić information content (AvgIpc) is 2.50. The molecule has 1 aliphatic rings. The minimum Gasteiger partial charge on any atom is -0.469 e. The maximum absolute atomic E-state index is 11.0. The fourth-order valence-electron chi connectivity index (χ4n) is 1.48. The highest BCUT2D eigenvalue weighted by atomic mass is 16.5. The van der Waals surface area contributed by atoms with Crippen molar-refractivity contribution in [2.75, 3.05) is 13.7 Å². The molecule has 0 spiro atoms. The van der Waals surface area contributed by atoms with Crippen LogP contribution in [0.1, 0.15) is 19.8 Å². The summed E-state index contributed by atoms with van der Waals surface area (Å²) in [5, 5.41) is 0. The quantitative estimate of drug-likeness (QED) is 0.610. The Morgan fingerprint density at radius 2 is 2.46 bits per heavy atom. The Balaban J connectivity index is 2.39. The van der Waals surface area contributed by atoms with Gasteiger partial charge in [0.2, 0.25) is 0 Å². The van der Waals surface area contributed by atoms with Crippen molar-refractivity contribution in [1.29, 1.82) is 0 Å². The number of hydrogen-bond donors (Lipinski definition) is 0. The van der Waals surface area contributed by atoms with Gasteiger partial charge in [0, 0.05) is 0 Å². The van der Waals surface area contributed by atoms with Gasteiger partial charge in [-0.1, -0.05) is 6.92 Å². The van der Waals surface area contributed by atoms with Crippen molar-refractivity contribution in [3.8, 4) is 0 Å². The summed E-state index contributed by atoms with van der Waals surface area (Å²) >= 11 is 0. The highest BCUT2D eigenvalue weighted by molar-refractivity contribution is 5.76. The molecule has 1 unspecified atom stereocenters. The molecule has 1 heterocycles. The van der Waals surface area contributed by atoms with E-state index in [0.717, 1.165) is 6.42 Å². The van der Waals surface area contributed by atoms with Crippen LogP contribution in [0.5, 0.6) is 0 Å². The third kappa shape index (κ3) is 2.44. The number of esters is 2. The van der Waals surface area contributed by atoms with Crippen LogP contribution in [0.2, 0.25) is 0 Å². The number of ether oxygens (including phenoxy) is 2. The largest absolute Gasteiger partial charge is 0.469 e. The third-order valence-electron chi connectivity index (χ3n) is 2.29. The van der Waals surface area contributed by atoms with E-state index in [1.165, 1.54) is 7.11 Å². The summed E-state index contributed by atoms with van der Waals surface area (Å²) in [6.45, 7) is 2.24. The second-order valence-electron chi connectivity index (χ2n) is 3.31. The Bertz CT molecular complexity index is 212. The molecule has 0 amide bonds. The van der Waals surface area contributed by atoms with Gasteiger partial charge in [-0.2, -0.15) is 0 Å². The molecule has 0 aromatic rings. The smallest absolute Gasteiger partial charge is 0.309 e. The first-order valence-corrected chi connectivity index (χ1v) is 4.39. The zero-order chi connectivity index (χ0) is 9.84. The number of methoxy groups -OCH3 is 1. The second-order valence-corrected chi connectivity index (χ2v) is 3.31. The fraction of sp³-hybridized carbons (Fsp3) is 0.778. The predicted molar refractivity (Wildman–Crippen MR) is 44.9 cm³/mol. The van der Waals surface area contributed by atoms with Crippen LogP contribution in [0.4, 0.5) is 0 Å². The Hall–Kier alpha value is -1.06. The topological polar surface area (TPSA) is 52.6 Å². The van der Waals surface area contributed by atoms with Crippen molar-refractivity contribution >= 4 is 11.9 Å². The molecule has 13 heavy (non-hydrogen) atoms. The molecule has 4 heteroatoms. The molecule has 74 valence electrons. The van der Waals surface area contributed by atoms with E-state index in [1.54, 1.807) is 6.92 Å². The standard InChI is InChI=1S/C9H14O4/c1-6(8(10)12-2)5-7-3-4-13-9(7)11/h6-7H,3-5H2,1-2H3/t6?,7-/m1/s1. The first kappa shape index (κ1) is 10.0. The Morgan fingerprint density at radius 3 is 2.92 bits per heavy atom. The van der Waals surface area contributed by atoms with E-state index in [1.807, 2.05) is 0 Å². The molecule has 1 aliphatic heterocycles. The van der Waals surface area contributed by atoms with Crippen LogP contribution < -0.4 is 0 Å². The van der Waals surface area contributed by atoms with Crippen LogP contribution in [0.15, 0.2) is 0 Å². The monoisotopic (exact) mass is 186 g/mol. The second kappa shape index (κ2) is 4.25. The molecular formula is C9H14O4. The van der Waals surface area contributed by atoms with E-state index in [0.29, 0.717) is 13.0 Å². The summed E-state index contributed by atoms with van der Waals surface area (Å²) < 4.78 is 9.36. The van der Waals surface area contributed by atoms with E-state index in [4.69, 9.17) is 4.74 Å². The number of hydrogen-bond acceptors (Lipinski definition) is 4. The average molecular weight is 186 g/mol. The Kier molecular flexibility index (Phi) is 3.28. The number of cyclic esters (lactones) is 1. The van der Waals surface area contributed by atoms with Crippen LogP contribution in [0.25, 0.3) is 0 Å². The van der Waals surface area contributed by atoms with Crippen LogP contribution in [-0.4, -0.2) is 25.7 Å². The minimum atomic E-state index is -0.264. The van der Waals surface area contributed by atoms with E-state index >= 15 is 0 Å². The van der Waals surface area contributed by atoms with Crippen LogP contribution in [0.3, 0.4) is 0 Å². The van der Waals surface area contributed by atoms with Gasteiger partial charge in [0.1, 0.15) is 0 Å². The van der Waals surface area contributed by atoms with Crippen LogP contribution >= 0.6 is 0 Å². The summed E-state index contributed by atoms with van der Waals surface area (Å²) in [7, 11) is 1.35. The fourth-order valence-corrected chi connectivity index (χ4v) is 1.48. The van der Waals surface area contributed by atoms with Gasteiger partial charge in [-0.3, -0.25) is 9.59 Å². The molecule has 0 N–H and O–H groups in total. The summed E-state index contributed by atoms with van der Waals surface area (Å²) in [4.78, 5) is 22.1. The van der Waals surface area contributed by atoms with E-state index in [9.17, 15) is 9.59 Å². The lowest BCUT2D eigenvalue weighted by Crippen LogP contribution is -2.19. The van der Waals surface area contributed by atoms with Crippen molar-refractivity contribution in [1.82, 2.24) is 0 Å². The van der Waals surface area contributed by atoms with Gasteiger partial charge in [-0.05, 0) is 12.8 Å². The van der Waals surface area contributed by atoms with Crippen LogP contribution in [0, 0.1) is 11.8 Å². The van der Waals surface area contributed by atoms with Crippen molar-refractivity contribution in [2.45, 2.75) is 19.8 Å². The zero-order valence-electron chi connectivity index (χ0n) is 7.91.